The molecule has 0 saturated heterocycles. The SMILES string of the molecule is CC(C(=O)O)N(CCC#N)C(=O)NCC1CCCC(CN=C=O)C1. The van der Waals surface area contributed by atoms with Gasteiger partial charge in [-0.15, -0.1) is 0 Å². The van der Waals surface area contributed by atoms with Crippen LogP contribution in [0.5, 0.6) is 0 Å². The fourth-order valence-corrected chi connectivity index (χ4v) is 3.03. The van der Waals surface area contributed by atoms with Gasteiger partial charge in [-0.1, -0.05) is 6.42 Å². The number of nitrogens with zero attached hydrogens (tertiary/aromatic N) is 3. The summed E-state index contributed by atoms with van der Waals surface area (Å²) in [6, 6.07) is 0.470. The number of isocyanates is 1. The van der Waals surface area contributed by atoms with Crippen molar-refractivity contribution in [3.8, 4) is 6.07 Å². The van der Waals surface area contributed by atoms with Gasteiger partial charge in [0, 0.05) is 13.1 Å². The Morgan fingerprint density at radius 2 is 2.12 bits per heavy atom. The maximum Gasteiger partial charge on any atom is 0.326 e. The number of rotatable bonds is 8. The molecule has 0 aliphatic heterocycles. The molecule has 3 unspecified atom stereocenters. The van der Waals surface area contributed by atoms with Crippen molar-refractivity contribution in [2.75, 3.05) is 19.6 Å². The molecule has 1 aliphatic rings. The Hall–Kier alpha value is -2.39. The maximum atomic E-state index is 12.3. The number of carbonyl (C=O) groups excluding carboxylic acids is 2. The van der Waals surface area contributed by atoms with Crippen molar-refractivity contribution in [1.29, 1.82) is 5.26 Å². The van der Waals surface area contributed by atoms with Crippen LogP contribution >= 0.6 is 0 Å². The first-order chi connectivity index (χ1) is 11.5. The van der Waals surface area contributed by atoms with E-state index in [1.165, 1.54) is 11.8 Å². The number of amides is 2. The molecule has 24 heavy (non-hydrogen) atoms. The minimum absolute atomic E-state index is 0.0805. The lowest BCUT2D eigenvalue weighted by molar-refractivity contribution is -0.141. The fraction of sp³-hybridized carbons (Fsp3) is 0.750. The minimum Gasteiger partial charge on any atom is -0.480 e. The molecule has 2 N–H and O–H groups in total. The van der Waals surface area contributed by atoms with Gasteiger partial charge < -0.3 is 15.3 Å². The van der Waals surface area contributed by atoms with Crippen LogP contribution in [0.1, 0.15) is 39.0 Å². The first-order valence-electron chi connectivity index (χ1n) is 8.17. The zero-order valence-corrected chi connectivity index (χ0v) is 13.9. The first kappa shape index (κ1) is 19.7. The van der Waals surface area contributed by atoms with Crippen LogP contribution in [0.2, 0.25) is 0 Å². The van der Waals surface area contributed by atoms with E-state index in [0.717, 1.165) is 25.7 Å². The van der Waals surface area contributed by atoms with E-state index >= 15 is 0 Å². The van der Waals surface area contributed by atoms with Crippen molar-refractivity contribution < 1.29 is 19.5 Å². The summed E-state index contributed by atoms with van der Waals surface area (Å²) in [4.78, 5) is 38.4. The van der Waals surface area contributed by atoms with E-state index in [-0.39, 0.29) is 18.9 Å². The number of nitriles is 1. The van der Waals surface area contributed by atoms with Gasteiger partial charge in [-0.3, -0.25) is 0 Å². The Labute approximate surface area is 141 Å². The van der Waals surface area contributed by atoms with Crippen molar-refractivity contribution in [2.45, 2.75) is 45.1 Å². The van der Waals surface area contributed by atoms with Gasteiger partial charge in [-0.25, -0.2) is 19.4 Å². The number of aliphatic imine (C=N–C) groups is 1. The zero-order chi connectivity index (χ0) is 17.9. The molecule has 8 heteroatoms. The molecule has 0 radical (unpaired) electrons. The molecule has 8 nitrogen and oxygen atoms in total. The van der Waals surface area contributed by atoms with Crippen molar-refractivity contribution in [3.05, 3.63) is 0 Å². The molecule has 132 valence electrons. The molecule has 0 aromatic heterocycles. The third-order valence-electron chi connectivity index (χ3n) is 4.40. The Morgan fingerprint density at radius 1 is 1.42 bits per heavy atom. The number of hydrogen-bond donors (Lipinski definition) is 2. The summed E-state index contributed by atoms with van der Waals surface area (Å²) in [5.74, 6) is -0.491. The van der Waals surface area contributed by atoms with E-state index in [2.05, 4.69) is 10.3 Å². The molecular formula is C16H24N4O4. The molecule has 3 atom stereocenters. The number of carbonyl (C=O) groups is 2. The van der Waals surface area contributed by atoms with Crippen LogP contribution in [-0.4, -0.2) is 53.8 Å². The summed E-state index contributed by atoms with van der Waals surface area (Å²) in [6.07, 6.45) is 5.52. The Balaban J connectivity index is 2.53. The van der Waals surface area contributed by atoms with Gasteiger partial charge in [0.25, 0.3) is 0 Å². The molecule has 1 rings (SSSR count). The maximum absolute atomic E-state index is 12.3. The standard InChI is InChI=1S/C16H24N4O4/c1-12(15(22)23)20(7-3-6-17)16(24)19-10-14-5-2-4-13(8-14)9-18-11-21/h12-14H,2-5,7-10H2,1H3,(H,19,24)(H,22,23). The summed E-state index contributed by atoms with van der Waals surface area (Å²) in [7, 11) is 0. The van der Waals surface area contributed by atoms with Crippen LogP contribution in [-0.2, 0) is 9.59 Å². The summed E-state index contributed by atoms with van der Waals surface area (Å²) in [6.45, 7) is 2.43. The first-order valence-corrected chi connectivity index (χ1v) is 8.17. The number of hydrogen-bond acceptors (Lipinski definition) is 5. The van der Waals surface area contributed by atoms with Gasteiger partial charge >= 0.3 is 12.0 Å². The minimum atomic E-state index is -1.10. The average molecular weight is 336 g/mol. The van der Waals surface area contributed by atoms with Gasteiger partial charge in [0.1, 0.15) is 6.04 Å². The van der Waals surface area contributed by atoms with E-state index in [1.54, 1.807) is 6.08 Å². The van der Waals surface area contributed by atoms with Crippen LogP contribution in [0.25, 0.3) is 0 Å². The zero-order valence-electron chi connectivity index (χ0n) is 13.9. The second kappa shape index (κ2) is 10.4. The Kier molecular flexibility index (Phi) is 8.52. The number of carboxylic acid groups (broad SMARTS) is 1. The van der Waals surface area contributed by atoms with E-state index < -0.39 is 18.0 Å². The number of urea groups is 1. The Morgan fingerprint density at radius 3 is 2.75 bits per heavy atom. The molecule has 1 aliphatic carbocycles. The topological polar surface area (TPSA) is 123 Å². The third kappa shape index (κ3) is 6.39. The van der Waals surface area contributed by atoms with E-state index in [4.69, 9.17) is 10.4 Å². The predicted octanol–water partition coefficient (Wildman–Crippen LogP) is 1.53. The smallest absolute Gasteiger partial charge is 0.326 e. The van der Waals surface area contributed by atoms with Crippen molar-refractivity contribution in [1.82, 2.24) is 10.2 Å². The normalized spacial score (nSPS) is 21.0. The monoisotopic (exact) mass is 336 g/mol. The van der Waals surface area contributed by atoms with Crippen LogP contribution in [0.3, 0.4) is 0 Å². The van der Waals surface area contributed by atoms with Crippen molar-refractivity contribution >= 4 is 18.1 Å². The Bertz CT molecular complexity index is 525. The highest BCUT2D eigenvalue weighted by Crippen LogP contribution is 2.28. The van der Waals surface area contributed by atoms with Crippen molar-refractivity contribution in [2.24, 2.45) is 16.8 Å². The highest BCUT2D eigenvalue weighted by Gasteiger charge is 2.27. The van der Waals surface area contributed by atoms with Crippen LogP contribution in [0.15, 0.2) is 4.99 Å². The predicted molar refractivity (Wildman–Crippen MR) is 85.9 cm³/mol. The van der Waals surface area contributed by atoms with Crippen LogP contribution in [0, 0.1) is 23.2 Å². The molecule has 2 amide bonds. The fourth-order valence-electron chi connectivity index (χ4n) is 3.03. The van der Waals surface area contributed by atoms with Gasteiger partial charge in [0.15, 0.2) is 0 Å². The summed E-state index contributed by atoms with van der Waals surface area (Å²) >= 11 is 0. The third-order valence-corrected chi connectivity index (χ3v) is 4.40. The second-order valence-electron chi connectivity index (χ2n) is 6.13. The quantitative estimate of drug-likeness (QED) is 0.514. The highest BCUT2D eigenvalue weighted by atomic mass is 16.4. The molecule has 1 saturated carbocycles. The molecule has 0 bridgehead atoms. The van der Waals surface area contributed by atoms with Crippen molar-refractivity contribution in [3.63, 3.8) is 0 Å². The molecule has 0 spiro atoms. The molecule has 0 heterocycles. The van der Waals surface area contributed by atoms with Gasteiger partial charge in [-0.2, -0.15) is 5.26 Å². The molecular weight excluding hydrogens is 312 g/mol. The van der Waals surface area contributed by atoms with Crippen LogP contribution in [0.4, 0.5) is 4.79 Å². The van der Waals surface area contributed by atoms with Gasteiger partial charge in [0.05, 0.1) is 19.0 Å². The lowest BCUT2D eigenvalue weighted by Gasteiger charge is -2.30. The second-order valence-corrected chi connectivity index (χ2v) is 6.13. The lowest BCUT2D eigenvalue weighted by Crippen LogP contribution is -2.49. The summed E-state index contributed by atoms with van der Waals surface area (Å²) in [5, 5.41) is 20.5. The number of aliphatic carboxylic acids is 1. The van der Waals surface area contributed by atoms with E-state index in [1.807, 2.05) is 6.07 Å². The summed E-state index contributed by atoms with van der Waals surface area (Å²) in [5.41, 5.74) is 0. The summed E-state index contributed by atoms with van der Waals surface area (Å²) < 4.78 is 0. The van der Waals surface area contributed by atoms with E-state index in [0.29, 0.717) is 19.0 Å². The van der Waals surface area contributed by atoms with Crippen LogP contribution < -0.4 is 5.32 Å². The lowest BCUT2D eigenvalue weighted by atomic mass is 9.81. The molecule has 0 aromatic rings. The number of carboxylic acids is 1. The highest BCUT2D eigenvalue weighted by molar-refractivity contribution is 5.82. The molecule has 0 aromatic carbocycles. The average Bonchev–Trinajstić information content (AvgIpc) is 2.58. The molecule has 1 fully saturated rings. The largest absolute Gasteiger partial charge is 0.480 e. The van der Waals surface area contributed by atoms with Gasteiger partial charge in [0.2, 0.25) is 6.08 Å². The van der Waals surface area contributed by atoms with Gasteiger partial charge in [-0.05, 0) is 38.0 Å². The van der Waals surface area contributed by atoms with E-state index in [9.17, 15) is 14.4 Å². The number of nitrogens with one attached hydrogen (secondary N) is 1.